The molecule has 0 atom stereocenters. The molecule has 110 valence electrons. The number of carboxylic acid groups (broad SMARTS) is 1. The summed E-state index contributed by atoms with van der Waals surface area (Å²) in [6.45, 7) is 6.84. The zero-order valence-corrected chi connectivity index (χ0v) is 12.4. The van der Waals surface area contributed by atoms with Gasteiger partial charge in [0, 0.05) is 18.9 Å². The van der Waals surface area contributed by atoms with Crippen molar-refractivity contribution in [1.82, 2.24) is 5.32 Å². The Balaban J connectivity index is 2.22. The van der Waals surface area contributed by atoms with Gasteiger partial charge in [-0.15, -0.1) is 0 Å². The lowest BCUT2D eigenvalue weighted by molar-refractivity contribution is -0.137. The number of carbonyl (C=O) groups is 2. The van der Waals surface area contributed by atoms with Gasteiger partial charge in [0.25, 0.3) is 0 Å². The van der Waals surface area contributed by atoms with E-state index in [1.54, 1.807) is 0 Å². The molecule has 1 amide bonds. The van der Waals surface area contributed by atoms with Crippen LogP contribution in [0.2, 0.25) is 0 Å². The molecule has 1 fully saturated rings. The molecule has 4 heteroatoms. The van der Waals surface area contributed by atoms with Crippen molar-refractivity contribution >= 4 is 11.9 Å². The molecule has 0 bridgehead atoms. The minimum absolute atomic E-state index is 0.000425. The minimum atomic E-state index is -0.835. The van der Waals surface area contributed by atoms with Crippen LogP contribution in [0.25, 0.3) is 0 Å². The molecule has 0 radical (unpaired) electrons. The maximum absolute atomic E-state index is 11.7. The molecule has 0 aromatic heterocycles. The lowest BCUT2D eigenvalue weighted by Gasteiger charge is -2.37. The smallest absolute Gasteiger partial charge is 0.303 e. The number of hydrogen-bond donors (Lipinski definition) is 2. The van der Waals surface area contributed by atoms with Crippen molar-refractivity contribution in [3.8, 4) is 0 Å². The van der Waals surface area contributed by atoms with Crippen LogP contribution in [-0.2, 0) is 9.59 Å². The van der Waals surface area contributed by atoms with E-state index in [2.05, 4.69) is 26.1 Å². The third kappa shape index (κ3) is 6.08. The summed E-state index contributed by atoms with van der Waals surface area (Å²) in [5.41, 5.74) is 0.358. The van der Waals surface area contributed by atoms with Crippen LogP contribution in [0.5, 0.6) is 0 Å². The van der Waals surface area contributed by atoms with Crippen LogP contribution < -0.4 is 5.32 Å². The molecule has 1 rings (SSSR count). The Morgan fingerprint density at radius 1 is 1.11 bits per heavy atom. The highest BCUT2D eigenvalue weighted by Crippen LogP contribution is 2.37. The van der Waals surface area contributed by atoms with E-state index >= 15 is 0 Å². The first-order chi connectivity index (χ1) is 8.79. The molecular weight excluding hydrogens is 242 g/mol. The zero-order valence-electron chi connectivity index (χ0n) is 12.4. The Morgan fingerprint density at radius 3 is 2.16 bits per heavy atom. The van der Waals surface area contributed by atoms with Gasteiger partial charge in [-0.3, -0.25) is 9.59 Å². The fraction of sp³-hybridized carbons (Fsp3) is 0.867. The maximum atomic E-state index is 11.7. The van der Waals surface area contributed by atoms with Gasteiger partial charge in [0.1, 0.15) is 0 Å². The number of nitrogens with one attached hydrogen (secondary N) is 1. The predicted molar refractivity (Wildman–Crippen MR) is 74.8 cm³/mol. The first kappa shape index (κ1) is 16.0. The van der Waals surface area contributed by atoms with Crippen LogP contribution in [0, 0.1) is 11.3 Å². The molecule has 0 saturated heterocycles. The van der Waals surface area contributed by atoms with Crippen molar-refractivity contribution < 1.29 is 14.7 Å². The topological polar surface area (TPSA) is 66.4 Å². The van der Waals surface area contributed by atoms with Gasteiger partial charge in [-0.1, -0.05) is 20.8 Å². The highest BCUT2D eigenvalue weighted by molar-refractivity contribution is 5.77. The third-order valence-electron chi connectivity index (χ3n) is 4.11. The van der Waals surface area contributed by atoms with Gasteiger partial charge in [-0.05, 0) is 43.4 Å². The van der Waals surface area contributed by atoms with Crippen molar-refractivity contribution in [2.24, 2.45) is 11.3 Å². The van der Waals surface area contributed by atoms with E-state index in [1.807, 2.05) is 0 Å². The van der Waals surface area contributed by atoms with Gasteiger partial charge in [-0.2, -0.15) is 0 Å². The maximum Gasteiger partial charge on any atom is 0.303 e. The molecule has 0 aromatic rings. The summed E-state index contributed by atoms with van der Waals surface area (Å²) >= 11 is 0. The molecule has 0 spiro atoms. The first-order valence-corrected chi connectivity index (χ1v) is 7.30. The third-order valence-corrected chi connectivity index (χ3v) is 4.11. The Hall–Kier alpha value is -1.06. The van der Waals surface area contributed by atoms with Gasteiger partial charge in [0.05, 0.1) is 0 Å². The monoisotopic (exact) mass is 269 g/mol. The number of amides is 1. The molecule has 0 aromatic carbocycles. The van der Waals surface area contributed by atoms with Gasteiger partial charge in [-0.25, -0.2) is 0 Å². The molecule has 0 heterocycles. The Kier molecular flexibility index (Phi) is 5.83. The Morgan fingerprint density at radius 2 is 1.68 bits per heavy atom. The van der Waals surface area contributed by atoms with Crippen molar-refractivity contribution in [1.29, 1.82) is 0 Å². The van der Waals surface area contributed by atoms with E-state index in [-0.39, 0.29) is 18.4 Å². The second kappa shape index (κ2) is 6.92. The number of aliphatic carboxylic acids is 1. The number of carboxylic acids is 1. The average Bonchev–Trinajstić information content (AvgIpc) is 2.27. The van der Waals surface area contributed by atoms with Gasteiger partial charge in [0.2, 0.25) is 5.91 Å². The van der Waals surface area contributed by atoms with Crippen LogP contribution in [0.1, 0.15) is 65.7 Å². The van der Waals surface area contributed by atoms with Gasteiger partial charge < -0.3 is 10.4 Å². The van der Waals surface area contributed by atoms with Crippen molar-refractivity contribution in [3.63, 3.8) is 0 Å². The van der Waals surface area contributed by atoms with E-state index in [9.17, 15) is 9.59 Å². The highest BCUT2D eigenvalue weighted by atomic mass is 16.4. The van der Waals surface area contributed by atoms with E-state index in [4.69, 9.17) is 5.11 Å². The molecule has 0 unspecified atom stereocenters. The standard InChI is InChI=1S/C15H27NO3/c1-15(2,3)11-7-9-12(10-8-11)16-13(17)5-4-6-14(18)19/h11-12H,4-10H2,1-3H3,(H,16,17)(H,18,19). The van der Waals surface area contributed by atoms with E-state index in [0.29, 0.717) is 18.3 Å². The van der Waals surface area contributed by atoms with Gasteiger partial charge in [0.15, 0.2) is 0 Å². The normalized spacial score (nSPS) is 23.9. The summed E-state index contributed by atoms with van der Waals surface area (Å²) in [6, 6.07) is 0.288. The molecule has 19 heavy (non-hydrogen) atoms. The van der Waals surface area contributed by atoms with E-state index in [1.165, 1.54) is 12.8 Å². The van der Waals surface area contributed by atoms with Crippen molar-refractivity contribution in [3.05, 3.63) is 0 Å². The number of rotatable bonds is 5. The van der Waals surface area contributed by atoms with Crippen LogP contribution in [0.3, 0.4) is 0 Å². The summed E-state index contributed by atoms with van der Waals surface area (Å²) in [6.07, 6.45) is 5.26. The van der Waals surface area contributed by atoms with Gasteiger partial charge >= 0.3 is 5.97 Å². The molecule has 2 N–H and O–H groups in total. The summed E-state index contributed by atoms with van der Waals surface area (Å²) in [5.74, 6) is -0.0911. The fourth-order valence-corrected chi connectivity index (χ4v) is 2.80. The van der Waals surface area contributed by atoms with Crippen LogP contribution >= 0.6 is 0 Å². The van der Waals surface area contributed by atoms with Crippen LogP contribution in [0.4, 0.5) is 0 Å². The lowest BCUT2D eigenvalue weighted by Crippen LogP contribution is -2.39. The summed E-state index contributed by atoms with van der Waals surface area (Å²) in [4.78, 5) is 22.0. The second-order valence-electron chi connectivity index (χ2n) is 6.73. The van der Waals surface area contributed by atoms with E-state index in [0.717, 1.165) is 18.8 Å². The minimum Gasteiger partial charge on any atom is -0.481 e. The first-order valence-electron chi connectivity index (χ1n) is 7.30. The highest BCUT2D eigenvalue weighted by Gasteiger charge is 2.29. The lowest BCUT2D eigenvalue weighted by atomic mass is 9.71. The molecule has 0 aliphatic heterocycles. The number of carbonyl (C=O) groups excluding carboxylic acids is 1. The van der Waals surface area contributed by atoms with Crippen LogP contribution in [0.15, 0.2) is 0 Å². The quantitative estimate of drug-likeness (QED) is 0.806. The summed E-state index contributed by atoms with van der Waals surface area (Å²) < 4.78 is 0. The molecule has 1 aliphatic rings. The molecule has 1 aliphatic carbocycles. The SMILES string of the molecule is CC(C)(C)C1CCC(NC(=O)CCCC(=O)O)CC1. The summed E-state index contributed by atoms with van der Waals surface area (Å²) in [7, 11) is 0. The predicted octanol–water partition coefficient (Wildman–Crippen LogP) is 2.96. The molecule has 4 nitrogen and oxygen atoms in total. The Labute approximate surface area is 116 Å². The second-order valence-corrected chi connectivity index (χ2v) is 6.73. The van der Waals surface area contributed by atoms with Crippen molar-refractivity contribution in [2.45, 2.75) is 71.8 Å². The molecule has 1 saturated carbocycles. The summed E-state index contributed by atoms with van der Waals surface area (Å²) in [5, 5.41) is 11.6. The average molecular weight is 269 g/mol. The van der Waals surface area contributed by atoms with Crippen molar-refractivity contribution in [2.75, 3.05) is 0 Å². The molecular formula is C15H27NO3. The zero-order chi connectivity index (χ0) is 14.5. The largest absolute Gasteiger partial charge is 0.481 e. The van der Waals surface area contributed by atoms with Crippen LogP contribution in [-0.4, -0.2) is 23.0 Å². The van der Waals surface area contributed by atoms with E-state index < -0.39 is 5.97 Å². The Bertz CT molecular complexity index is 312. The fourth-order valence-electron chi connectivity index (χ4n) is 2.80. The number of hydrogen-bond acceptors (Lipinski definition) is 2.